The van der Waals surface area contributed by atoms with Crippen LogP contribution in [0.3, 0.4) is 0 Å². The highest BCUT2D eigenvalue weighted by Gasteiger charge is 2.27. The fraction of sp³-hybridized carbons (Fsp3) is 0.850. The lowest BCUT2D eigenvalue weighted by atomic mass is 10.1. The molecule has 2 atom stereocenters. The number of ether oxygens (including phenoxy) is 2. The molecule has 0 rings (SSSR count). The predicted octanol–water partition coefficient (Wildman–Crippen LogP) is 3.56. The standard InChI is InChI=1S/C20H38N2O5/c1-6-8-12-16(22-20(25)26-5)18(23)21-17(13-9-7-2)19(24)27-14-10-11-15(3)4/h15-17H,6-14H2,1-5H3,(H,21,23)(H,22,25). The molecule has 0 aromatic heterocycles. The van der Waals surface area contributed by atoms with E-state index in [2.05, 4.69) is 29.2 Å². The molecular formula is C20H38N2O5. The van der Waals surface area contributed by atoms with Crippen molar-refractivity contribution in [3.8, 4) is 0 Å². The van der Waals surface area contributed by atoms with Crippen LogP contribution in [0.4, 0.5) is 4.79 Å². The number of rotatable bonds is 14. The molecule has 2 unspecified atom stereocenters. The van der Waals surface area contributed by atoms with Gasteiger partial charge in [0.05, 0.1) is 13.7 Å². The highest BCUT2D eigenvalue weighted by molar-refractivity contribution is 5.89. The van der Waals surface area contributed by atoms with E-state index >= 15 is 0 Å². The van der Waals surface area contributed by atoms with E-state index in [4.69, 9.17) is 4.74 Å². The van der Waals surface area contributed by atoms with Crippen molar-refractivity contribution in [1.29, 1.82) is 0 Å². The molecule has 7 nitrogen and oxygen atoms in total. The number of carbonyl (C=O) groups excluding carboxylic acids is 3. The van der Waals surface area contributed by atoms with Gasteiger partial charge < -0.3 is 20.1 Å². The maximum atomic E-state index is 12.6. The Bertz CT molecular complexity index is 440. The molecule has 0 aliphatic carbocycles. The van der Waals surface area contributed by atoms with E-state index in [-0.39, 0.29) is 5.91 Å². The van der Waals surface area contributed by atoms with Crippen molar-refractivity contribution in [2.45, 2.75) is 91.1 Å². The first-order valence-corrected chi connectivity index (χ1v) is 10.2. The fourth-order valence-electron chi connectivity index (χ4n) is 2.57. The van der Waals surface area contributed by atoms with Crippen LogP contribution in [-0.2, 0) is 19.1 Å². The smallest absolute Gasteiger partial charge is 0.407 e. The molecule has 0 spiro atoms. The SMILES string of the molecule is CCCCC(NC(=O)OC)C(=O)NC(CCCC)C(=O)OCCCC(C)C. The van der Waals surface area contributed by atoms with Crippen LogP contribution in [0.1, 0.15) is 79.1 Å². The van der Waals surface area contributed by atoms with Gasteiger partial charge in [0.25, 0.3) is 0 Å². The Hall–Kier alpha value is -1.79. The summed E-state index contributed by atoms with van der Waals surface area (Å²) in [5.41, 5.74) is 0. The molecule has 0 saturated carbocycles. The zero-order valence-electron chi connectivity index (χ0n) is 17.6. The third-order valence-corrected chi connectivity index (χ3v) is 4.26. The lowest BCUT2D eigenvalue weighted by molar-refractivity contribution is -0.148. The second-order valence-corrected chi connectivity index (χ2v) is 7.24. The Morgan fingerprint density at radius 1 is 0.852 bits per heavy atom. The maximum Gasteiger partial charge on any atom is 0.407 e. The van der Waals surface area contributed by atoms with Gasteiger partial charge in [0, 0.05) is 0 Å². The number of unbranched alkanes of at least 4 members (excludes halogenated alkanes) is 2. The average Bonchev–Trinajstić information content (AvgIpc) is 2.64. The number of hydrogen-bond acceptors (Lipinski definition) is 5. The second kappa shape index (κ2) is 15.3. The molecule has 0 aromatic carbocycles. The number of alkyl carbamates (subject to hydrolysis) is 1. The van der Waals surface area contributed by atoms with E-state index in [1.807, 2.05) is 13.8 Å². The van der Waals surface area contributed by atoms with Gasteiger partial charge in [0.2, 0.25) is 5.91 Å². The van der Waals surface area contributed by atoms with Crippen LogP contribution >= 0.6 is 0 Å². The van der Waals surface area contributed by atoms with Crippen LogP contribution in [-0.4, -0.2) is 43.8 Å². The molecule has 2 amide bonds. The Labute approximate surface area is 163 Å². The first-order valence-electron chi connectivity index (χ1n) is 10.2. The Kier molecular flexibility index (Phi) is 14.3. The molecule has 0 radical (unpaired) electrons. The molecule has 0 aromatic rings. The minimum absolute atomic E-state index is 0.356. The summed E-state index contributed by atoms with van der Waals surface area (Å²) in [4.78, 5) is 36.5. The monoisotopic (exact) mass is 386 g/mol. The van der Waals surface area contributed by atoms with Crippen molar-refractivity contribution in [3.05, 3.63) is 0 Å². The highest BCUT2D eigenvalue weighted by Crippen LogP contribution is 2.08. The zero-order valence-corrected chi connectivity index (χ0v) is 17.6. The van der Waals surface area contributed by atoms with Crippen molar-refractivity contribution < 1.29 is 23.9 Å². The third kappa shape index (κ3) is 12.3. The molecule has 0 fully saturated rings. The summed E-state index contributed by atoms with van der Waals surface area (Å²) in [7, 11) is 1.25. The topological polar surface area (TPSA) is 93.7 Å². The summed E-state index contributed by atoms with van der Waals surface area (Å²) in [5, 5.41) is 5.30. The number of hydrogen-bond donors (Lipinski definition) is 2. The normalized spacial score (nSPS) is 13.0. The number of amides is 2. The summed E-state index contributed by atoms with van der Waals surface area (Å²) in [6, 6.07) is -1.42. The summed E-state index contributed by atoms with van der Waals surface area (Å²) in [5.74, 6) is -0.232. The largest absolute Gasteiger partial charge is 0.464 e. The third-order valence-electron chi connectivity index (χ3n) is 4.26. The minimum atomic E-state index is -0.727. The Balaban J connectivity index is 4.81. The molecule has 0 heterocycles. The van der Waals surface area contributed by atoms with E-state index in [0.29, 0.717) is 25.4 Å². The Morgan fingerprint density at radius 2 is 1.44 bits per heavy atom. The second-order valence-electron chi connectivity index (χ2n) is 7.24. The molecule has 158 valence electrons. The summed E-state index contributed by atoms with van der Waals surface area (Å²) < 4.78 is 9.94. The molecular weight excluding hydrogens is 348 g/mol. The Morgan fingerprint density at radius 3 is 1.96 bits per heavy atom. The van der Waals surface area contributed by atoms with Gasteiger partial charge in [-0.2, -0.15) is 0 Å². The van der Waals surface area contributed by atoms with Gasteiger partial charge in [-0.15, -0.1) is 0 Å². The number of methoxy groups -OCH3 is 1. The predicted molar refractivity (Wildman–Crippen MR) is 105 cm³/mol. The van der Waals surface area contributed by atoms with Crippen molar-refractivity contribution in [2.24, 2.45) is 5.92 Å². The quantitative estimate of drug-likeness (QED) is 0.352. The molecule has 27 heavy (non-hydrogen) atoms. The van der Waals surface area contributed by atoms with Gasteiger partial charge in [-0.25, -0.2) is 9.59 Å². The van der Waals surface area contributed by atoms with E-state index in [9.17, 15) is 14.4 Å². The number of nitrogens with one attached hydrogen (secondary N) is 2. The van der Waals surface area contributed by atoms with Crippen molar-refractivity contribution in [1.82, 2.24) is 10.6 Å². The van der Waals surface area contributed by atoms with Gasteiger partial charge in [0.1, 0.15) is 12.1 Å². The maximum absolute atomic E-state index is 12.6. The zero-order chi connectivity index (χ0) is 20.7. The molecule has 0 saturated heterocycles. The van der Waals surface area contributed by atoms with E-state index in [0.717, 1.165) is 38.5 Å². The van der Waals surface area contributed by atoms with Gasteiger partial charge in [-0.1, -0.05) is 53.4 Å². The summed E-state index contributed by atoms with van der Waals surface area (Å²) in [6.07, 6.45) is 5.52. The lowest BCUT2D eigenvalue weighted by Gasteiger charge is -2.22. The molecule has 0 bridgehead atoms. The number of esters is 1. The van der Waals surface area contributed by atoms with Crippen LogP contribution in [0.25, 0.3) is 0 Å². The van der Waals surface area contributed by atoms with Gasteiger partial charge >= 0.3 is 12.1 Å². The fourth-order valence-corrected chi connectivity index (χ4v) is 2.57. The van der Waals surface area contributed by atoms with Gasteiger partial charge in [-0.3, -0.25) is 4.79 Å². The summed E-state index contributed by atoms with van der Waals surface area (Å²) >= 11 is 0. The van der Waals surface area contributed by atoms with Crippen LogP contribution < -0.4 is 10.6 Å². The van der Waals surface area contributed by atoms with E-state index < -0.39 is 24.1 Å². The molecule has 0 aliphatic heterocycles. The van der Waals surface area contributed by atoms with Crippen LogP contribution in [0.5, 0.6) is 0 Å². The van der Waals surface area contributed by atoms with Crippen LogP contribution in [0, 0.1) is 5.92 Å². The van der Waals surface area contributed by atoms with Crippen molar-refractivity contribution >= 4 is 18.0 Å². The van der Waals surface area contributed by atoms with Crippen LogP contribution in [0.15, 0.2) is 0 Å². The van der Waals surface area contributed by atoms with Crippen molar-refractivity contribution in [2.75, 3.05) is 13.7 Å². The lowest BCUT2D eigenvalue weighted by Crippen LogP contribution is -2.52. The molecule has 2 N–H and O–H groups in total. The molecule has 0 aliphatic rings. The van der Waals surface area contributed by atoms with E-state index in [1.54, 1.807) is 0 Å². The van der Waals surface area contributed by atoms with Gasteiger partial charge in [0.15, 0.2) is 0 Å². The van der Waals surface area contributed by atoms with E-state index in [1.165, 1.54) is 7.11 Å². The molecule has 7 heteroatoms. The summed E-state index contributed by atoms with van der Waals surface area (Å²) in [6.45, 7) is 8.63. The van der Waals surface area contributed by atoms with Gasteiger partial charge in [-0.05, 0) is 31.6 Å². The van der Waals surface area contributed by atoms with Crippen LogP contribution in [0.2, 0.25) is 0 Å². The number of carbonyl (C=O) groups is 3. The first kappa shape index (κ1) is 25.2. The van der Waals surface area contributed by atoms with Crippen molar-refractivity contribution in [3.63, 3.8) is 0 Å². The highest BCUT2D eigenvalue weighted by atomic mass is 16.5. The minimum Gasteiger partial charge on any atom is -0.464 e. The average molecular weight is 387 g/mol. The first-order chi connectivity index (χ1) is 12.8.